The molecule has 294 valence electrons. The lowest BCUT2D eigenvalue weighted by Crippen LogP contribution is -2.00. The van der Waals surface area contributed by atoms with Gasteiger partial charge in [0.1, 0.15) is 0 Å². The maximum atomic E-state index is 5.57. The number of benzene rings is 9. The van der Waals surface area contributed by atoms with Crippen LogP contribution in [0.3, 0.4) is 0 Å². The van der Waals surface area contributed by atoms with Crippen LogP contribution in [-0.4, -0.2) is 23.7 Å². The highest BCUT2D eigenvalue weighted by molar-refractivity contribution is 6.16. The van der Waals surface area contributed by atoms with Crippen molar-refractivity contribution in [2.75, 3.05) is 0 Å². The Labute approximate surface area is 363 Å². The van der Waals surface area contributed by atoms with Crippen LogP contribution < -0.4 is 0 Å². The standard InChI is InChI=1S/C58H37N5/c1-4-18-39(19-5-1)61-52-31-13-12-26-44(52)49-36-38(34-35-55(49)61)58-59-50(47-29-16-27-45-42-24-10-14-32-53(42)62(56(45)47)40-20-6-2-7-21-40)37-51(60-58)48-30-17-28-46-43-25-11-15-33-54(43)63(57(46)48)41-22-8-3-9-23-41/h1-37H. The van der Waals surface area contributed by atoms with Gasteiger partial charge in [0.05, 0.1) is 44.5 Å². The first kappa shape index (κ1) is 35.2. The molecule has 0 unspecified atom stereocenters. The summed E-state index contributed by atoms with van der Waals surface area (Å²) >= 11 is 0. The third-order valence-corrected chi connectivity index (χ3v) is 12.6. The van der Waals surface area contributed by atoms with Crippen LogP contribution in [0, 0.1) is 0 Å². The number of hydrogen-bond acceptors (Lipinski definition) is 2. The second-order valence-corrected chi connectivity index (χ2v) is 16.2. The van der Waals surface area contributed by atoms with Crippen molar-refractivity contribution in [2.45, 2.75) is 0 Å². The maximum Gasteiger partial charge on any atom is 0.160 e. The van der Waals surface area contributed by atoms with Crippen LogP contribution in [0.2, 0.25) is 0 Å². The summed E-state index contributed by atoms with van der Waals surface area (Å²) in [5, 5.41) is 7.09. The van der Waals surface area contributed by atoms with Crippen LogP contribution in [0.1, 0.15) is 0 Å². The fraction of sp³-hybridized carbons (Fsp3) is 0. The van der Waals surface area contributed by atoms with E-state index in [1.807, 2.05) is 0 Å². The van der Waals surface area contributed by atoms with E-state index in [0.29, 0.717) is 5.82 Å². The van der Waals surface area contributed by atoms with Gasteiger partial charge < -0.3 is 13.7 Å². The Kier molecular flexibility index (Phi) is 7.84. The molecular weight excluding hydrogens is 767 g/mol. The second-order valence-electron chi connectivity index (χ2n) is 16.2. The molecule has 4 heterocycles. The quantitative estimate of drug-likeness (QED) is 0.168. The van der Waals surface area contributed by atoms with Crippen molar-refractivity contribution >= 4 is 65.4 Å². The molecule has 0 fully saturated rings. The van der Waals surface area contributed by atoms with Crippen molar-refractivity contribution in [1.29, 1.82) is 0 Å². The van der Waals surface area contributed by atoms with Crippen LogP contribution >= 0.6 is 0 Å². The molecule has 0 amide bonds. The van der Waals surface area contributed by atoms with Gasteiger partial charge >= 0.3 is 0 Å². The Bertz CT molecular complexity index is 3720. The van der Waals surface area contributed by atoms with Crippen molar-refractivity contribution in [3.8, 4) is 51.0 Å². The lowest BCUT2D eigenvalue weighted by molar-refractivity contribution is 1.15. The van der Waals surface area contributed by atoms with Gasteiger partial charge in [0.25, 0.3) is 0 Å². The van der Waals surface area contributed by atoms with E-state index in [2.05, 4.69) is 238 Å². The van der Waals surface area contributed by atoms with Gasteiger partial charge in [0, 0.05) is 66.1 Å². The fourth-order valence-corrected chi connectivity index (χ4v) is 9.96. The molecule has 0 radical (unpaired) electrons. The maximum absolute atomic E-state index is 5.57. The zero-order chi connectivity index (χ0) is 41.4. The van der Waals surface area contributed by atoms with Crippen LogP contribution in [0.5, 0.6) is 0 Å². The highest BCUT2D eigenvalue weighted by Crippen LogP contribution is 2.42. The Balaban J connectivity index is 1.13. The van der Waals surface area contributed by atoms with Crippen molar-refractivity contribution < 1.29 is 0 Å². The van der Waals surface area contributed by atoms with Crippen molar-refractivity contribution in [3.05, 3.63) is 224 Å². The zero-order valence-corrected chi connectivity index (χ0v) is 34.1. The van der Waals surface area contributed by atoms with Crippen molar-refractivity contribution in [1.82, 2.24) is 23.7 Å². The van der Waals surface area contributed by atoms with Gasteiger partial charge in [0.15, 0.2) is 5.82 Å². The predicted octanol–water partition coefficient (Wildman–Crippen LogP) is 14.8. The lowest BCUT2D eigenvalue weighted by atomic mass is 10.0. The normalized spacial score (nSPS) is 11.8. The summed E-state index contributed by atoms with van der Waals surface area (Å²) in [4.78, 5) is 11.1. The minimum atomic E-state index is 0.666. The first-order valence-electron chi connectivity index (χ1n) is 21.4. The molecule has 5 heteroatoms. The largest absolute Gasteiger partial charge is 0.309 e. The molecule has 0 aliphatic rings. The molecular formula is C58H37N5. The Morgan fingerprint density at radius 3 is 1.14 bits per heavy atom. The van der Waals surface area contributed by atoms with Crippen LogP contribution in [-0.2, 0) is 0 Å². The van der Waals surface area contributed by atoms with E-state index in [4.69, 9.17) is 9.97 Å². The first-order chi connectivity index (χ1) is 31.3. The molecule has 0 atom stereocenters. The van der Waals surface area contributed by atoms with E-state index in [-0.39, 0.29) is 0 Å². The molecule has 0 saturated heterocycles. The zero-order valence-electron chi connectivity index (χ0n) is 34.1. The molecule has 0 aliphatic heterocycles. The van der Waals surface area contributed by atoms with Crippen molar-refractivity contribution in [3.63, 3.8) is 0 Å². The number of rotatable bonds is 6. The molecule has 13 rings (SSSR count). The van der Waals surface area contributed by atoms with Crippen LogP contribution in [0.4, 0.5) is 0 Å². The number of para-hydroxylation sites is 8. The number of fused-ring (bicyclic) bond motifs is 9. The SMILES string of the molecule is c1ccc(-n2c3ccccc3c3cc(-c4nc(-c5cccc6c7ccccc7n(-c7ccccc7)c56)cc(-c5cccc6c7ccccc7n(-c7ccccc7)c56)n4)ccc32)cc1. The van der Waals surface area contributed by atoms with Gasteiger partial charge in [-0.3, -0.25) is 0 Å². The molecule has 0 aliphatic carbocycles. The molecule has 9 aromatic carbocycles. The molecule has 63 heavy (non-hydrogen) atoms. The Morgan fingerprint density at radius 1 is 0.270 bits per heavy atom. The monoisotopic (exact) mass is 803 g/mol. The van der Waals surface area contributed by atoms with E-state index in [0.717, 1.165) is 83.6 Å². The molecule has 0 spiro atoms. The van der Waals surface area contributed by atoms with E-state index < -0.39 is 0 Å². The third-order valence-electron chi connectivity index (χ3n) is 12.6. The smallest absolute Gasteiger partial charge is 0.160 e. The van der Waals surface area contributed by atoms with E-state index in [9.17, 15) is 0 Å². The van der Waals surface area contributed by atoms with Gasteiger partial charge in [-0.2, -0.15) is 0 Å². The summed E-state index contributed by atoms with van der Waals surface area (Å²) in [6.07, 6.45) is 0. The Morgan fingerprint density at radius 2 is 0.651 bits per heavy atom. The highest BCUT2D eigenvalue weighted by Gasteiger charge is 2.22. The molecule has 0 N–H and O–H groups in total. The van der Waals surface area contributed by atoms with Crippen LogP contribution in [0.15, 0.2) is 224 Å². The molecule has 0 bridgehead atoms. The first-order valence-corrected chi connectivity index (χ1v) is 21.4. The summed E-state index contributed by atoms with van der Waals surface area (Å²) < 4.78 is 7.13. The van der Waals surface area contributed by atoms with Crippen molar-refractivity contribution in [2.24, 2.45) is 0 Å². The highest BCUT2D eigenvalue weighted by atomic mass is 15.0. The molecule has 4 aromatic heterocycles. The Hall–Kier alpha value is -8.54. The van der Waals surface area contributed by atoms with E-state index in [1.165, 1.54) is 26.9 Å². The topological polar surface area (TPSA) is 40.6 Å². The molecule has 13 aromatic rings. The van der Waals surface area contributed by atoms with Crippen LogP contribution in [0.25, 0.3) is 116 Å². The number of nitrogens with zero attached hydrogens (tertiary/aromatic N) is 5. The minimum Gasteiger partial charge on any atom is -0.309 e. The fourth-order valence-electron chi connectivity index (χ4n) is 9.96. The summed E-state index contributed by atoms with van der Waals surface area (Å²) in [7, 11) is 0. The van der Waals surface area contributed by atoms with E-state index in [1.54, 1.807) is 0 Å². The van der Waals surface area contributed by atoms with Gasteiger partial charge in [-0.15, -0.1) is 0 Å². The number of hydrogen-bond donors (Lipinski definition) is 0. The van der Waals surface area contributed by atoms with Gasteiger partial charge in [-0.1, -0.05) is 146 Å². The molecule has 5 nitrogen and oxygen atoms in total. The number of aromatic nitrogens is 5. The summed E-state index contributed by atoms with van der Waals surface area (Å²) in [6, 6.07) is 80.1. The van der Waals surface area contributed by atoms with E-state index >= 15 is 0 Å². The average Bonchev–Trinajstić information content (AvgIpc) is 4.00. The van der Waals surface area contributed by atoms with Gasteiger partial charge in [0.2, 0.25) is 0 Å². The lowest BCUT2D eigenvalue weighted by Gasteiger charge is -2.15. The van der Waals surface area contributed by atoms with Gasteiger partial charge in [-0.05, 0) is 78.9 Å². The minimum absolute atomic E-state index is 0.666. The average molecular weight is 804 g/mol. The predicted molar refractivity (Wildman–Crippen MR) is 261 cm³/mol. The summed E-state index contributed by atoms with van der Waals surface area (Å²) in [5.41, 5.74) is 14.9. The summed E-state index contributed by atoms with van der Waals surface area (Å²) in [6.45, 7) is 0. The third kappa shape index (κ3) is 5.43. The second kappa shape index (κ2) is 14.0. The molecule has 0 saturated carbocycles. The summed E-state index contributed by atoms with van der Waals surface area (Å²) in [5.74, 6) is 0.666. The van der Waals surface area contributed by atoms with Gasteiger partial charge in [-0.25, -0.2) is 9.97 Å².